The summed E-state index contributed by atoms with van der Waals surface area (Å²) in [6, 6.07) is -1.35. The van der Waals surface area contributed by atoms with Crippen LogP contribution in [0.5, 0.6) is 0 Å². The van der Waals surface area contributed by atoms with Gasteiger partial charge in [-0.15, -0.1) is 11.8 Å². The van der Waals surface area contributed by atoms with Crippen molar-refractivity contribution < 1.29 is 23.1 Å². The van der Waals surface area contributed by atoms with Crippen molar-refractivity contribution in [3.8, 4) is 0 Å². The summed E-state index contributed by atoms with van der Waals surface area (Å²) in [5.41, 5.74) is 0. The average molecular weight is 354 g/mol. The number of rotatable bonds is 3. The highest BCUT2D eigenvalue weighted by Gasteiger charge is 2.42. The maximum Gasteiger partial charge on any atom is 0.327 e. The van der Waals surface area contributed by atoms with Gasteiger partial charge in [-0.2, -0.15) is 11.8 Å². The van der Waals surface area contributed by atoms with Crippen molar-refractivity contribution in [3.05, 3.63) is 0 Å². The lowest BCUT2D eigenvalue weighted by atomic mass is 10.3. The fraction of sp³-hybridized carbons (Fsp3) is 0.818. The topological polar surface area (TPSA) is 95.0 Å². The largest absolute Gasteiger partial charge is 0.480 e. The van der Waals surface area contributed by atoms with Gasteiger partial charge in [0.1, 0.15) is 11.4 Å². The Morgan fingerprint density at radius 2 is 1.95 bits per heavy atom. The second kappa shape index (κ2) is 6.66. The third kappa shape index (κ3) is 3.42. The van der Waals surface area contributed by atoms with Gasteiger partial charge < -0.3 is 14.9 Å². The van der Waals surface area contributed by atoms with E-state index in [4.69, 9.17) is 5.11 Å². The van der Waals surface area contributed by atoms with Crippen LogP contribution in [-0.4, -0.2) is 82.2 Å². The normalized spacial score (nSPS) is 26.9. The smallest absolute Gasteiger partial charge is 0.327 e. The zero-order valence-corrected chi connectivity index (χ0v) is 14.0. The number of urea groups is 1. The fourth-order valence-corrected chi connectivity index (χ4v) is 6.39. The molecule has 0 radical (unpaired) electrons. The van der Waals surface area contributed by atoms with Crippen LogP contribution in [0.1, 0.15) is 6.92 Å². The highest BCUT2D eigenvalue weighted by atomic mass is 32.2. The number of carboxylic acids is 1. The quantitative estimate of drug-likeness (QED) is 0.782. The molecule has 0 aromatic rings. The predicted molar refractivity (Wildman–Crippen MR) is 83.3 cm³/mol. The van der Waals surface area contributed by atoms with E-state index in [0.29, 0.717) is 29.7 Å². The molecule has 2 aliphatic rings. The zero-order chi connectivity index (χ0) is 15.6. The van der Waals surface area contributed by atoms with Gasteiger partial charge in [0.2, 0.25) is 0 Å². The van der Waals surface area contributed by atoms with E-state index in [9.17, 15) is 18.0 Å². The Balaban J connectivity index is 2.21. The van der Waals surface area contributed by atoms with Crippen LogP contribution in [0.25, 0.3) is 0 Å². The molecule has 2 amide bonds. The molecule has 1 N–H and O–H groups in total. The Bertz CT molecular complexity index is 524. The Labute approximate surface area is 132 Å². The SMILES string of the molecule is CCS(=O)(=O)C1CSCCN1C(=O)N1CSCC1C(=O)O. The lowest BCUT2D eigenvalue weighted by molar-refractivity contribution is -0.140. The molecule has 0 saturated carbocycles. The van der Waals surface area contributed by atoms with Gasteiger partial charge in [-0.05, 0) is 0 Å². The van der Waals surface area contributed by atoms with E-state index < -0.39 is 33.3 Å². The monoisotopic (exact) mass is 354 g/mol. The van der Waals surface area contributed by atoms with Crippen molar-refractivity contribution in [1.82, 2.24) is 9.80 Å². The van der Waals surface area contributed by atoms with Gasteiger partial charge in [0, 0.05) is 29.6 Å². The molecule has 0 spiro atoms. The maximum atomic E-state index is 12.6. The van der Waals surface area contributed by atoms with Crippen molar-refractivity contribution >= 4 is 45.4 Å². The first-order valence-corrected chi connectivity index (χ1v) is 10.6. The minimum atomic E-state index is -3.38. The van der Waals surface area contributed by atoms with Crippen LogP contribution in [0, 0.1) is 0 Å². The van der Waals surface area contributed by atoms with Gasteiger partial charge in [0.05, 0.1) is 5.88 Å². The summed E-state index contributed by atoms with van der Waals surface area (Å²) in [6.07, 6.45) is 0. The van der Waals surface area contributed by atoms with Crippen molar-refractivity contribution in [2.24, 2.45) is 0 Å². The highest BCUT2D eigenvalue weighted by Crippen LogP contribution is 2.27. The Hall–Kier alpha value is -0.610. The molecule has 21 heavy (non-hydrogen) atoms. The number of carbonyl (C=O) groups is 2. The predicted octanol–water partition coefficient (Wildman–Crippen LogP) is 0.375. The number of amides is 2. The van der Waals surface area contributed by atoms with Crippen LogP contribution in [0.3, 0.4) is 0 Å². The minimum Gasteiger partial charge on any atom is -0.480 e. The maximum absolute atomic E-state index is 12.6. The molecule has 0 bridgehead atoms. The Kier molecular flexibility index (Phi) is 5.31. The molecule has 7 nitrogen and oxygen atoms in total. The van der Waals surface area contributed by atoms with Gasteiger partial charge in [0.15, 0.2) is 9.84 Å². The molecule has 0 aromatic carbocycles. The van der Waals surface area contributed by atoms with Crippen LogP contribution in [0.4, 0.5) is 4.79 Å². The van der Waals surface area contributed by atoms with Crippen molar-refractivity contribution in [2.75, 3.05) is 35.4 Å². The molecule has 2 unspecified atom stereocenters. The Morgan fingerprint density at radius 1 is 1.24 bits per heavy atom. The molecular formula is C11H18N2O5S3. The number of hydrogen-bond acceptors (Lipinski definition) is 6. The summed E-state index contributed by atoms with van der Waals surface area (Å²) in [4.78, 5) is 26.4. The van der Waals surface area contributed by atoms with Gasteiger partial charge >= 0.3 is 12.0 Å². The number of thioether (sulfide) groups is 2. The molecule has 0 aliphatic carbocycles. The number of aliphatic carboxylic acids is 1. The molecule has 2 aliphatic heterocycles. The molecule has 2 fully saturated rings. The second-order valence-corrected chi connectivity index (χ2v) is 9.38. The van der Waals surface area contributed by atoms with Crippen LogP contribution < -0.4 is 0 Å². The van der Waals surface area contributed by atoms with Crippen LogP contribution in [0.2, 0.25) is 0 Å². The van der Waals surface area contributed by atoms with Gasteiger partial charge in [-0.1, -0.05) is 6.92 Å². The van der Waals surface area contributed by atoms with Crippen LogP contribution in [0.15, 0.2) is 0 Å². The fourth-order valence-electron chi connectivity index (χ4n) is 2.29. The van der Waals surface area contributed by atoms with Crippen LogP contribution >= 0.6 is 23.5 Å². The summed E-state index contributed by atoms with van der Waals surface area (Å²) in [6.45, 7) is 1.89. The molecule has 0 aromatic heterocycles. The van der Waals surface area contributed by atoms with Crippen molar-refractivity contribution in [3.63, 3.8) is 0 Å². The lowest BCUT2D eigenvalue weighted by Gasteiger charge is -2.37. The lowest BCUT2D eigenvalue weighted by Crippen LogP contribution is -2.57. The van der Waals surface area contributed by atoms with Crippen LogP contribution in [-0.2, 0) is 14.6 Å². The summed E-state index contributed by atoms with van der Waals surface area (Å²) in [7, 11) is -3.38. The van der Waals surface area contributed by atoms with E-state index in [1.807, 2.05) is 0 Å². The van der Waals surface area contributed by atoms with E-state index >= 15 is 0 Å². The van der Waals surface area contributed by atoms with Crippen molar-refractivity contribution in [2.45, 2.75) is 18.3 Å². The summed E-state index contributed by atoms with van der Waals surface area (Å²) in [5.74, 6) is 0.572. The number of sulfone groups is 1. The number of carbonyl (C=O) groups excluding carboxylic acids is 1. The van der Waals surface area contributed by atoms with Crippen molar-refractivity contribution in [1.29, 1.82) is 0 Å². The molecule has 2 saturated heterocycles. The Morgan fingerprint density at radius 3 is 2.57 bits per heavy atom. The summed E-state index contributed by atoms with van der Waals surface area (Å²) >= 11 is 2.87. The standard InChI is InChI=1S/C11H18N2O5S3/c1-2-21(17,18)9-6-19-4-3-12(9)11(16)13-7-20-5-8(13)10(14)15/h8-9H,2-7H2,1H3,(H,14,15). The third-order valence-electron chi connectivity index (χ3n) is 3.56. The molecule has 2 heterocycles. The number of nitrogens with zero attached hydrogens (tertiary/aromatic N) is 2. The molecular weight excluding hydrogens is 336 g/mol. The van der Waals surface area contributed by atoms with E-state index in [1.54, 1.807) is 6.92 Å². The first kappa shape index (κ1) is 16.8. The van der Waals surface area contributed by atoms with E-state index in [0.717, 1.165) is 0 Å². The first-order chi connectivity index (χ1) is 9.88. The molecule has 2 rings (SSSR count). The second-order valence-electron chi connectivity index (χ2n) is 4.78. The van der Waals surface area contributed by atoms with Gasteiger partial charge in [0.25, 0.3) is 0 Å². The molecule has 120 valence electrons. The number of hydrogen-bond donors (Lipinski definition) is 1. The minimum absolute atomic E-state index is 0.0287. The summed E-state index contributed by atoms with van der Waals surface area (Å²) in [5, 5.41) is 8.30. The summed E-state index contributed by atoms with van der Waals surface area (Å²) < 4.78 is 24.3. The third-order valence-corrected chi connectivity index (χ3v) is 7.86. The van der Waals surface area contributed by atoms with Gasteiger partial charge in [-0.25, -0.2) is 18.0 Å². The number of carboxylic acid groups (broad SMARTS) is 1. The highest BCUT2D eigenvalue weighted by molar-refractivity contribution is 8.01. The average Bonchev–Trinajstić information content (AvgIpc) is 2.96. The molecule has 2 atom stereocenters. The van der Waals surface area contributed by atoms with E-state index in [1.165, 1.54) is 33.3 Å². The first-order valence-electron chi connectivity index (χ1n) is 6.55. The zero-order valence-electron chi connectivity index (χ0n) is 11.6. The van der Waals surface area contributed by atoms with Gasteiger partial charge in [-0.3, -0.25) is 0 Å². The van der Waals surface area contributed by atoms with E-state index in [2.05, 4.69) is 0 Å². The van der Waals surface area contributed by atoms with E-state index in [-0.39, 0.29) is 5.75 Å². The molecule has 10 heteroatoms.